The molecule has 25 heavy (non-hydrogen) atoms. The molecule has 0 aliphatic rings. The van der Waals surface area contributed by atoms with Gasteiger partial charge in [-0.25, -0.2) is 4.79 Å². The normalized spacial score (nSPS) is 10.7. The summed E-state index contributed by atoms with van der Waals surface area (Å²) in [5.41, 5.74) is 4.58. The fourth-order valence-electron chi connectivity index (χ4n) is 2.77. The summed E-state index contributed by atoms with van der Waals surface area (Å²) in [5, 5.41) is 3.70. The average Bonchev–Trinajstić information content (AvgIpc) is 3.01. The molecule has 0 aliphatic heterocycles. The highest BCUT2D eigenvalue weighted by atomic mass is 16.5. The summed E-state index contributed by atoms with van der Waals surface area (Å²) in [6.45, 7) is 4.02. The van der Waals surface area contributed by atoms with Crippen LogP contribution in [0.25, 0.3) is 11.0 Å². The molecular weight excluding hydrogens is 318 g/mol. The van der Waals surface area contributed by atoms with Crippen molar-refractivity contribution in [1.82, 2.24) is 0 Å². The fourth-order valence-corrected chi connectivity index (χ4v) is 2.77. The van der Waals surface area contributed by atoms with Gasteiger partial charge in [0.25, 0.3) is 0 Å². The molecule has 0 radical (unpaired) electrons. The second-order valence-corrected chi connectivity index (χ2v) is 5.91. The number of benzene rings is 2. The van der Waals surface area contributed by atoms with E-state index in [1.807, 2.05) is 26.0 Å². The second kappa shape index (κ2) is 6.81. The van der Waals surface area contributed by atoms with Crippen molar-refractivity contribution in [2.24, 2.45) is 0 Å². The van der Waals surface area contributed by atoms with Crippen LogP contribution in [0, 0.1) is 13.8 Å². The minimum Gasteiger partial charge on any atom is -0.465 e. The summed E-state index contributed by atoms with van der Waals surface area (Å²) in [6.07, 6.45) is 1.77. The van der Waals surface area contributed by atoms with Gasteiger partial charge >= 0.3 is 5.97 Å². The number of ether oxygens (including phenoxy) is 1. The van der Waals surface area contributed by atoms with Crippen molar-refractivity contribution < 1.29 is 18.7 Å². The van der Waals surface area contributed by atoms with Gasteiger partial charge in [0.1, 0.15) is 5.58 Å². The van der Waals surface area contributed by atoms with E-state index < -0.39 is 5.97 Å². The monoisotopic (exact) mass is 337 g/mol. The number of hydrogen-bond donors (Lipinski definition) is 1. The summed E-state index contributed by atoms with van der Waals surface area (Å²) in [5.74, 6) is -0.715. The van der Waals surface area contributed by atoms with Crippen molar-refractivity contribution in [2.45, 2.75) is 20.3 Å². The van der Waals surface area contributed by atoms with E-state index in [0.29, 0.717) is 11.3 Å². The molecule has 0 fully saturated rings. The SMILES string of the molecule is COC(=O)c1ccccc1NC(=O)Cc1coc2c(C)c(C)ccc12. The molecule has 0 aliphatic carbocycles. The van der Waals surface area contributed by atoms with Crippen LogP contribution in [0.3, 0.4) is 0 Å². The maximum atomic E-state index is 12.4. The van der Waals surface area contributed by atoms with E-state index in [-0.39, 0.29) is 12.3 Å². The van der Waals surface area contributed by atoms with Crippen LogP contribution in [0.5, 0.6) is 0 Å². The number of aryl methyl sites for hydroxylation is 2. The number of para-hydroxylation sites is 1. The third-order valence-electron chi connectivity index (χ3n) is 4.30. The van der Waals surface area contributed by atoms with Gasteiger partial charge in [-0.15, -0.1) is 0 Å². The summed E-state index contributed by atoms with van der Waals surface area (Å²) >= 11 is 0. The molecule has 0 saturated carbocycles. The van der Waals surface area contributed by atoms with Crippen LogP contribution < -0.4 is 5.32 Å². The highest BCUT2D eigenvalue weighted by Gasteiger charge is 2.16. The third-order valence-corrected chi connectivity index (χ3v) is 4.30. The minimum absolute atomic E-state index is 0.158. The average molecular weight is 337 g/mol. The highest BCUT2D eigenvalue weighted by molar-refractivity contribution is 6.02. The molecule has 1 aromatic heterocycles. The van der Waals surface area contributed by atoms with Gasteiger partial charge in [0.05, 0.1) is 31.0 Å². The number of anilines is 1. The van der Waals surface area contributed by atoms with Gasteiger partial charge in [-0.05, 0) is 37.1 Å². The molecular formula is C20H19NO4. The van der Waals surface area contributed by atoms with Crippen LogP contribution in [0.15, 0.2) is 47.1 Å². The van der Waals surface area contributed by atoms with Gasteiger partial charge in [-0.1, -0.05) is 24.3 Å². The molecule has 0 saturated heterocycles. The Hall–Kier alpha value is -3.08. The van der Waals surface area contributed by atoms with Crippen molar-refractivity contribution in [1.29, 1.82) is 0 Å². The Morgan fingerprint density at radius 1 is 1.12 bits per heavy atom. The number of furan rings is 1. The topological polar surface area (TPSA) is 68.5 Å². The van der Waals surface area contributed by atoms with Crippen molar-refractivity contribution in [3.8, 4) is 0 Å². The predicted octanol–water partition coefficient (Wildman–Crippen LogP) is 4.02. The zero-order chi connectivity index (χ0) is 18.0. The molecule has 5 nitrogen and oxygen atoms in total. The first-order chi connectivity index (χ1) is 12.0. The van der Waals surface area contributed by atoms with E-state index >= 15 is 0 Å². The molecule has 3 rings (SSSR count). The van der Waals surface area contributed by atoms with Crippen LogP contribution in [0.2, 0.25) is 0 Å². The van der Waals surface area contributed by atoms with Crippen molar-refractivity contribution >= 4 is 28.5 Å². The number of nitrogens with one attached hydrogen (secondary N) is 1. The van der Waals surface area contributed by atoms with E-state index in [2.05, 4.69) is 5.32 Å². The summed E-state index contributed by atoms with van der Waals surface area (Å²) in [6, 6.07) is 10.7. The van der Waals surface area contributed by atoms with Gasteiger partial charge in [0.15, 0.2) is 0 Å². The van der Waals surface area contributed by atoms with Crippen LogP contribution in [0.1, 0.15) is 27.0 Å². The van der Waals surface area contributed by atoms with Gasteiger partial charge < -0.3 is 14.5 Å². The van der Waals surface area contributed by atoms with E-state index in [1.54, 1.807) is 30.5 Å². The molecule has 3 aromatic rings. The Morgan fingerprint density at radius 2 is 1.88 bits per heavy atom. The number of carbonyl (C=O) groups excluding carboxylic acids is 2. The third kappa shape index (κ3) is 3.26. The lowest BCUT2D eigenvalue weighted by Gasteiger charge is -2.09. The minimum atomic E-state index is -0.490. The molecule has 0 atom stereocenters. The molecule has 0 spiro atoms. The van der Waals surface area contributed by atoms with Gasteiger partial charge in [0.2, 0.25) is 5.91 Å². The lowest BCUT2D eigenvalue weighted by Crippen LogP contribution is -2.17. The van der Waals surface area contributed by atoms with E-state index in [9.17, 15) is 9.59 Å². The standard InChI is InChI=1S/C20H19NO4/c1-12-8-9-15-14(11-25-19(15)13(12)2)10-18(22)21-17-7-5-4-6-16(17)20(23)24-3/h4-9,11H,10H2,1-3H3,(H,21,22). The molecule has 5 heteroatoms. The van der Waals surface area contributed by atoms with E-state index in [1.165, 1.54) is 7.11 Å². The van der Waals surface area contributed by atoms with E-state index in [0.717, 1.165) is 27.7 Å². The zero-order valence-corrected chi connectivity index (χ0v) is 14.4. The lowest BCUT2D eigenvalue weighted by atomic mass is 10.0. The van der Waals surface area contributed by atoms with Crippen molar-refractivity contribution in [3.63, 3.8) is 0 Å². The van der Waals surface area contributed by atoms with Crippen molar-refractivity contribution in [2.75, 3.05) is 12.4 Å². The quantitative estimate of drug-likeness (QED) is 0.730. The van der Waals surface area contributed by atoms with Crippen LogP contribution >= 0.6 is 0 Å². The fraction of sp³-hybridized carbons (Fsp3) is 0.200. The molecule has 0 bridgehead atoms. The first kappa shape index (κ1) is 16.8. The summed E-state index contributed by atoms with van der Waals surface area (Å²) < 4.78 is 10.4. The molecule has 1 heterocycles. The van der Waals surface area contributed by atoms with E-state index in [4.69, 9.17) is 9.15 Å². The van der Waals surface area contributed by atoms with Gasteiger partial charge in [-0.2, -0.15) is 0 Å². The zero-order valence-electron chi connectivity index (χ0n) is 14.4. The number of esters is 1. The lowest BCUT2D eigenvalue weighted by molar-refractivity contribution is -0.115. The van der Waals surface area contributed by atoms with Crippen LogP contribution in [-0.4, -0.2) is 19.0 Å². The Kier molecular flexibility index (Phi) is 4.57. The smallest absolute Gasteiger partial charge is 0.339 e. The Morgan fingerprint density at radius 3 is 2.64 bits per heavy atom. The van der Waals surface area contributed by atoms with Gasteiger partial charge in [-0.3, -0.25) is 4.79 Å². The maximum Gasteiger partial charge on any atom is 0.339 e. The number of methoxy groups -OCH3 is 1. The largest absolute Gasteiger partial charge is 0.465 e. The predicted molar refractivity (Wildman–Crippen MR) is 95.8 cm³/mol. The second-order valence-electron chi connectivity index (χ2n) is 5.91. The molecule has 2 aromatic carbocycles. The summed E-state index contributed by atoms with van der Waals surface area (Å²) in [4.78, 5) is 24.2. The number of rotatable bonds is 4. The number of carbonyl (C=O) groups is 2. The molecule has 0 unspecified atom stereocenters. The Balaban J connectivity index is 1.83. The Bertz CT molecular complexity index is 955. The highest BCUT2D eigenvalue weighted by Crippen LogP contribution is 2.27. The number of fused-ring (bicyclic) bond motifs is 1. The van der Waals surface area contributed by atoms with Crippen LogP contribution in [0.4, 0.5) is 5.69 Å². The maximum absolute atomic E-state index is 12.4. The van der Waals surface area contributed by atoms with Crippen LogP contribution in [-0.2, 0) is 16.0 Å². The van der Waals surface area contributed by atoms with Gasteiger partial charge in [0, 0.05) is 10.9 Å². The molecule has 1 amide bonds. The first-order valence-corrected chi connectivity index (χ1v) is 7.94. The molecule has 1 N–H and O–H groups in total. The summed E-state index contributed by atoms with van der Waals surface area (Å²) in [7, 11) is 1.31. The Labute approximate surface area is 145 Å². The van der Waals surface area contributed by atoms with Crippen molar-refractivity contribution in [3.05, 3.63) is 64.9 Å². The number of amides is 1. The number of hydrogen-bond acceptors (Lipinski definition) is 4. The molecule has 128 valence electrons. The first-order valence-electron chi connectivity index (χ1n) is 7.94.